The SMILES string of the molecule is Cl.O=C(NCC[C@H]1CCCN1)c1ccccc1. The van der Waals surface area contributed by atoms with Crippen molar-refractivity contribution in [2.45, 2.75) is 25.3 Å². The highest BCUT2D eigenvalue weighted by molar-refractivity contribution is 5.94. The average molecular weight is 255 g/mol. The maximum Gasteiger partial charge on any atom is 0.251 e. The van der Waals surface area contributed by atoms with Crippen LogP contribution in [0, 0.1) is 0 Å². The van der Waals surface area contributed by atoms with E-state index in [0.29, 0.717) is 6.04 Å². The first-order valence-electron chi connectivity index (χ1n) is 5.93. The van der Waals surface area contributed by atoms with Crippen LogP contribution in [-0.4, -0.2) is 25.0 Å². The Bertz CT molecular complexity index is 337. The Labute approximate surface area is 108 Å². The van der Waals surface area contributed by atoms with Crippen molar-refractivity contribution in [3.8, 4) is 0 Å². The lowest BCUT2D eigenvalue weighted by molar-refractivity contribution is 0.0952. The van der Waals surface area contributed by atoms with Crippen molar-refractivity contribution in [1.82, 2.24) is 10.6 Å². The zero-order valence-electron chi connectivity index (χ0n) is 9.82. The topological polar surface area (TPSA) is 41.1 Å². The molecular formula is C13H19ClN2O. The number of hydrogen-bond donors (Lipinski definition) is 2. The van der Waals surface area contributed by atoms with Crippen LogP contribution in [-0.2, 0) is 0 Å². The van der Waals surface area contributed by atoms with Gasteiger partial charge in [0, 0.05) is 18.2 Å². The van der Waals surface area contributed by atoms with Gasteiger partial charge in [-0.3, -0.25) is 4.79 Å². The van der Waals surface area contributed by atoms with Gasteiger partial charge < -0.3 is 10.6 Å². The summed E-state index contributed by atoms with van der Waals surface area (Å²) in [5.74, 6) is 0.0265. The number of carbonyl (C=O) groups is 1. The largest absolute Gasteiger partial charge is 0.352 e. The molecule has 0 saturated carbocycles. The van der Waals surface area contributed by atoms with Gasteiger partial charge in [0.05, 0.1) is 0 Å². The molecule has 1 heterocycles. The monoisotopic (exact) mass is 254 g/mol. The van der Waals surface area contributed by atoms with E-state index in [-0.39, 0.29) is 18.3 Å². The van der Waals surface area contributed by atoms with Crippen LogP contribution >= 0.6 is 12.4 Å². The van der Waals surface area contributed by atoms with E-state index in [1.165, 1.54) is 12.8 Å². The molecule has 1 saturated heterocycles. The van der Waals surface area contributed by atoms with E-state index < -0.39 is 0 Å². The second-order valence-corrected chi connectivity index (χ2v) is 4.20. The van der Waals surface area contributed by atoms with Crippen molar-refractivity contribution in [3.05, 3.63) is 35.9 Å². The molecule has 0 aromatic heterocycles. The fourth-order valence-corrected chi connectivity index (χ4v) is 2.05. The van der Waals surface area contributed by atoms with E-state index in [1.807, 2.05) is 30.3 Å². The lowest BCUT2D eigenvalue weighted by Gasteiger charge is -2.10. The second kappa shape index (κ2) is 7.30. The van der Waals surface area contributed by atoms with Crippen LogP contribution in [0.25, 0.3) is 0 Å². The normalized spacial score (nSPS) is 18.5. The Kier molecular flexibility index (Phi) is 6.01. The van der Waals surface area contributed by atoms with Gasteiger partial charge in [0.25, 0.3) is 5.91 Å². The molecule has 0 bridgehead atoms. The molecule has 2 rings (SSSR count). The fraction of sp³-hybridized carbons (Fsp3) is 0.462. The predicted molar refractivity (Wildman–Crippen MR) is 71.7 cm³/mol. The van der Waals surface area contributed by atoms with Crippen LogP contribution in [0.5, 0.6) is 0 Å². The summed E-state index contributed by atoms with van der Waals surface area (Å²) in [5.41, 5.74) is 0.738. The summed E-state index contributed by atoms with van der Waals surface area (Å²) >= 11 is 0. The summed E-state index contributed by atoms with van der Waals surface area (Å²) in [5, 5.41) is 6.37. The predicted octanol–water partition coefficient (Wildman–Crippen LogP) is 1.98. The van der Waals surface area contributed by atoms with Crippen molar-refractivity contribution >= 4 is 18.3 Å². The molecule has 1 aromatic rings. The van der Waals surface area contributed by atoms with Crippen LogP contribution in [0.1, 0.15) is 29.6 Å². The molecule has 1 fully saturated rings. The van der Waals surface area contributed by atoms with Gasteiger partial charge in [0.2, 0.25) is 0 Å². The Balaban J connectivity index is 0.00000144. The number of amides is 1. The maximum absolute atomic E-state index is 11.7. The van der Waals surface area contributed by atoms with Gasteiger partial charge in [-0.1, -0.05) is 18.2 Å². The quantitative estimate of drug-likeness (QED) is 0.863. The lowest BCUT2D eigenvalue weighted by Crippen LogP contribution is -2.30. The summed E-state index contributed by atoms with van der Waals surface area (Å²) in [6.07, 6.45) is 3.52. The highest BCUT2D eigenvalue weighted by atomic mass is 35.5. The van der Waals surface area contributed by atoms with Gasteiger partial charge >= 0.3 is 0 Å². The van der Waals surface area contributed by atoms with Gasteiger partial charge in [0.1, 0.15) is 0 Å². The highest BCUT2D eigenvalue weighted by Crippen LogP contribution is 2.07. The smallest absolute Gasteiger partial charge is 0.251 e. The standard InChI is InChI=1S/C13H18N2O.ClH/c16-13(11-5-2-1-3-6-11)15-10-8-12-7-4-9-14-12;/h1-3,5-6,12,14H,4,7-10H2,(H,15,16);1H/t12-;/m1./s1. The number of benzene rings is 1. The number of hydrogen-bond acceptors (Lipinski definition) is 2. The van der Waals surface area contributed by atoms with Crippen LogP contribution in [0.3, 0.4) is 0 Å². The summed E-state index contributed by atoms with van der Waals surface area (Å²) in [6, 6.07) is 9.95. The first-order valence-corrected chi connectivity index (χ1v) is 5.93. The third-order valence-electron chi connectivity index (χ3n) is 2.98. The fourth-order valence-electron chi connectivity index (χ4n) is 2.05. The molecule has 1 aliphatic heterocycles. The molecule has 0 radical (unpaired) electrons. The third-order valence-corrected chi connectivity index (χ3v) is 2.98. The lowest BCUT2D eigenvalue weighted by atomic mass is 10.1. The molecule has 0 aliphatic carbocycles. The van der Waals surface area contributed by atoms with Gasteiger partial charge in [-0.05, 0) is 37.9 Å². The molecule has 0 spiro atoms. The van der Waals surface area contributed by atoms with Crippen LogP contribution in [0.15, 0.2) is 30.3 Å². The Hall–Kier alpha value is -1.06. The van der Waals surface area contributed by atoms with Crippen molar-refractivity contribution < 1.29 is 4.79 Å². The molecule has 3 nitrogen and oxygen atoms in total. The number of rotatable bonds is 4. The summed E-state index contributed by atoms with van der Waals surface area (Å²) in [4.78, 5) is 11.7. The van der Waals surface area contributed by atoms with Gasteiger partial charge in [0.15, 0.2) is 0 Å². The highest BCUT2D eigenvalue weighted by Gasteiger charge is 2.13. The van der Waals surface area contributed by atoms with Gasteiger partial charge in [-0.2, -0.15) is 0 Å². The third kappa shape index (κ3) is 4.36. The molecule has 4 heteroatoms. The van der Waals surface area contributed by atoms with Crippen molar-refractivity contribution in [2.75, 3.05) is 13.1 Å². The van der Waals surface area contributed by atoms with Gasteiger partial charge in [-0.25, -0.2) is 0 Å². The molecule has 1 atom stereocenters. The first kappa shape index (κ1) is 14.0. The Morgan fingerprint density at radius 2 is 2.12 bits per heavy atom. The minimum Gasteiger partial charge on any atom is -0.352 e. The molecule has 94 valence electrons. The first-order chi connectivity index (χ1) is 7.86. The maximum atomic E-state index is 11.7. The molecule has 1 aliphatic rings. The van der Waals surface area contributed by atoms with E-state index in [1.54, 1.807) is 0 Å². The van der Waals surface area contributed by atoms with Crippen LogP contribution in [0.2, 0.25) is 0 Å². The average Bonchev–Trinajstić information content (AvgIpc) is 2.83. The molecule has 0 unspecified atom stereocenters. The summed E-state index contributed by atoms with van der Waals surface area (Å²) in [6.45, 7) is 1.88. The zero-order chi connectivity index (χ0) is 11.2. The molecule has 2 N–H and O–H groups in total. The zero-order valence-corrected chi connectivity index (χ0v) is 10.6. The van der Waals surface area contributed by atoms with E-state index in [9.17, 15) is 4.79 Å². The van der Waals surface area contributed by atoms with E-state index in [0.717, 1.165) is 25.1 Å². The number of carbonyl (C=O) groups excluding carboxylic acids is 1. The number of nitrogens with one attached hydrogen (secondary N) is 2. The molecular weight excluding hydrogens is 236 g/mol. The minimum absolute atomic E-state index is 0. The Morgan fingerprint density at radius 1 is 1.35 bits per heavy atom. The summed E-state index contributed by atoms with van der Waals surface area (Å²) < 4.78 is 0. The van der Waals surface area contributed by atoms with E-state index in [2.05, 4.69) is 10.6 Å². The van der Waals surface area contributed by atoms with Crippen molar-refractivity contribution in [1.29, 1.82) is 0 Å². The van der Waals surface area contributed by atoms with Crippen molar-refractivity contribution in [3.63, 3.8) is 0 Å². The van der Waals surface area contributed by atoms with Crippen LogP contribution < -0.4 is 10.6 Å². The van der Waals surface area contributed by atoms with Crippen molar-refractivity contribution in [2.24, 2.45) is 0 Å². The molecule has 1 amide bonds. The Morgan fingerprint density at radius 3 is 2.76 bits per heavy atom. The molecule has 17 heavy (non-hydrogen) atoms. The summed E-state index contributed by atoms with van der Waals surface area (Å²) in [7, 11) is 0. The molecule has 1 aromatic carbocycles. The van der Waals surface area contributed by atoms with Gasteiger partial charge in [-0.15, -0.1) is 12.4 Å². The van der Waals surface area contributed by atoms with E-state index >= 15 is 0 Å². The number of halogens is 1. The van der Waals surface area contributed by atoms with Crippen LogP contribution in [0.4, 0.5) is 0 Å². The van der Waals surface area contributed by atoms with E-state index in [4.69, 9.17) is 0 Å². The minimum atomic E-state index is 0. The second-order valence-electron chi connectivity index (χ2n) is 4.20.